The van der Waals surface area contributed by atoms with E-state index in [-0.39, 0.29) is 12.6 Å². The lowest BCUT2D eigenvalue weighted by Crippen LogP contribution is -2.48. The minimum absolute atomic E-state index is 0.254. The number of hydrogen-bond acceptors (Lipinski definition) is 3. The molecule has 0 spiro atoms. The number of hydrogen-bond donors (Lipinski definition) is 3. The summed E-state index contributed by atoms with van der Waals surface area (Å²) in [5.74, 6) is -1.33. The summed E-state index contributed by atoms with van der Waals surface area (Å²) >= 11 is 0. The van der Waals surface area contributed by atoms with E-state index in [2.05, 4.69) is 19.2 Å². The summed E-state index contributed by atoms with van der Waals surface area (Å²) in [6, 6.07) is -0.298. The van der Waals surface area contributed by atoms with Gasteiger partial charge < -0.3 is 20.4 Å². The maximum Gasteiger partial charge on any atom is 0.334 e. The van der Waals surface area contributed by atoms with E-state index in [0.29, 0.717) is 18.5 Å². The Hall–Kier alpha value is -1.30. The van der Waals surface area contributed by atoms with E-state index in [9.17, 15) is 9.59 Å². The second-order valence-electron chi connectivity index (χ2n) is 5.19. The zero-order valence-electron chi connectivity index (χ0n) is 11.0. The molecule has 1 heterocycles. The molecule has 1 rings (SSSR count). The summed E-state index contributed by atoms with van der Waals surface area (Å²) in [4.78, 5) is 23.8. The van der Waals surface area contributed by atoms with Gasteiger partial charge in [0.1, 0.15) is 0 Å². The van der Waals surface area contributed by atoms with Gasteiger partial charge >= 0.3 is 12.0 Å². The van der Waals surface area contributed by atoms with E-state index in [1.165, 1.54) is 0 Å². The molecule has 1 aliphatic heterocycles. The lowest BCUT2D eigenvalue weighted by molar-refractivity contribution is -0.146. The lowest BCUT2D eigenvalue weighted by atomic mass is 9.78. The van der Waals surface area contributed by atoms with Crippen LogP contribution in [0.4, 0.5) is 4.79 Å². The van der Waals surface area contributed by atoms with Crippen molar-refractivity contribution >= 4 is 12.0 Å². The van der Waals surface area contributed by atoms with Crippen LogP contribution in [0.1, 0.15) is 33.1 Å². The van der Waals surface area contributed by atoms with Crippen molar-refractivity contribution in [3.8, 4) is 0 Å². The van der Waals surface area contributed by atoms with Gasteiger partial charge in [0.25, 0.3) is 0 Å². The summed E-state index contributed by atoms with van der Waals surface area (Å²) in [5.41, 5.74) is 0.303. The molecule has 0 saturated carbocycles. The number of rotatable bonds is 4. The smallest absolute Gasteiger partial charge is 0.334 e. The van der Waals surface area contributed by atoms with Crippen LogP contribution < -0.4 is 5.32 Å². The van der Waals surface area contributed by atoms with Gasteiger partial charge in [-0.15, -0.1) is 0 Å². The fourth-order valence-electron chi connectivity index (χ4n) is 1.99. The van der Waals surface area contributed by atoms with Gasteiger partial charge in [0, 0.05) is 13.1 Å². The molecule has 104 valence electrons. The van der Waals surface area contributed by atoms with E-state index >= 15 is 0 Å². The molecule has 0 aromatic rings. The Balaban J connectivity index is 2.34. The monoisotopic (exact) mass is 258 g/mol. The molecule has 1 atom stereocenters. The van der Waals surface area contributed by atoms with Crippen LogP contribution in [0.15, 0.2) is 0 Å². The van der Waals surface area contributed by atoms with E-state index in [0.717, 1.165) is 19.3 Å². The molecule has 2 amide bonds. The van der Waals surface area contributed by atoms with Crippen molar-refractivity contribution in [2.45, 2.75) is 39.2 Å². The number of likely N-dealkylation sites (tertiary alicyclic amines) is 1. The van der Waals surface area contributed by atoms with Gasteiger partial charge in [-0.2, -0.15) is 0 Å². The topological polar surface area (TPSA) is 89.9 Å². The van der Waals surface area contributed by atoms with Crippen LogP contribution >= 0.6 is 0 Å². The third-order valence-electron chi connectivity index (χ3n) is 3.84. The van der Waals surface area contributed by atoms with Crippen LogP contribution in [0.3, 0.4) is 0 Å². The maximum absolute atomic E-state index is 11.7. The van der Waals surface area contributed by atoms with Crippen molar-refractivity contribution in [1.29, 1.82) is 0 Å². The molecular formula is C12H22N2O4. The number of carbonyl (C=O) groups is 2. The van der Waals surface area contributed by atoms with Gasteiger partial charge in [0.2, 0.25) is 0 Å². The van der Waals surface area contributed by atoms with E-state index in [1.807, 2.05) is 0 Å². The average molecular weight is 258 g/mol. The molecule has 1 fully saturated rings. The molecule has 1 unspecified atom stereocenters. The molecule has 0 bridgehead atoms. The quantitative estimate of drug-likeness (QED) is 0.690. The highest BCUT2D eigenvalue weighted by atomic mass is 16.4. The van der Waals surface area contributed by atoms with Crippen molar-refractivity contribution < 1.29 is 19.8 Å². The fourth-order valence-corrected chi connectivity index (χ4v) is 1.99. The van der Waals surface area contributed by atoms with E-state index in [1.54, 1.807) is 4.90 Å². The van der Waals surface area contributed by atoms with Gasteiger partial charge in [-0.1, -0.05) is 20.3 Å². The Kier molecular flexibility index (Phi) is 4.95. The molecule has 0 aromatic carbocycles. The highest BCUT2D eigenvalue weighted by molar-refractivity contribution is 5.76. The Morgan fingerprint density at radius 2 is 1.94 bits per heavy atom. The summed E-state index contributed by atoms with van der Waals surface area (Å²) in [5, 5.41) is 20.0. The van der Waals surface area contributed by atoms with Crippen LogP contribution in [0.25, 0.3) is 0 Å². The molecule has 0 aliphatic carbocycles. The number of carbonyl (C=O) groups excluding carboxylic acids is 1. The first-order valence-electron chi connectivity index (χ1n) is 6.31. The van der Waals surface area contributed by atoms with E-state index in [4.69, 9.17) is 10.2 Å². The summed E-state index contributed by atoms with van der Waals surface area (Å²) < 4.78 is 0. The minimum atomic E-state index is -1.54. The molecule has 1 aliphatic rings. The second-order valence-corrected chi connectivity index (χ2v) is 5.19. The van der Waals surface area contributed by atoms with Crippen molar-refractivity contribution in [3.63, 3.8) is 0 Å². The van der Waals surface area contributed by atoms with Crippen molar-refractivity contribution in [2.75, 3.05) is 19.6 Å². The van der Waals surface area contributed by atoms with Crippen LogP contribution in [-0.4, -0.2) is 52.9 Å². The summed E-state index contributed by atoms with van der Waals surface area (Å²) in [7, 11) is 0. The molecule has 6 heteroatoms. The first-order chi connectivity index (χ1) is 8.38. The summed E-state index contributed by atoms with van der Waals surface area (Å²) in [6.45, 7) is 5.48. The number of aliphatic carboxylic acids is 1. The molecular weight excluding hydrogens is 236 g/mol. The first-order valence-corrected chi connectivity index (χ1v) is 6.31. The number of carboxylic acid groups (broad SMARTS) is 1. The maximum atomic E-state index is 11.7. The van der Waals surface area contributed by atoms with Gasteiger partial charge in [0.05, 0.1) is 6.54 Å². The Bertz CT molecular complexity index is 311. The van der Waals surface area contributed by atoms with E-state index < -0.39 is 12.1 Å². The highest BCUT2D eigenvalue weighted by Crippen LogP contribution is 2.33. The number of amides is 2. The number of nitrogens with zero attached hydrogens (tertiary/aromatic N) is 1. The molecule has 0 radical (unpaired) electrons. The Morgan fingerprint density at radius 1 is 1.39 bits per heavy atom. The Labute approximate surface area is 107 Å². The van der Waals surface area contributed by atoms with Gasteiger partial charge in [-0.25, -0.2) is 9.59 Å². The Morgan fingerprint density at radius 3 is 2.39 bits per heavy atom. The predicted molar refractivity (Wildman–Crippen MR) is 66.2 cm³/mol. The molecule has 18 heavy (non-hydrogen) atoms. The zero-order chi connectivity index (χ0) is 13.8. The third-order valence-corrected chi connectivity index (χ3v) is 3.84. The number of piperidine rings is 1. The van der Waals surface area contributed by atoms with Crippen LogP contribution in [0.5, 0.6) is 0 Å². The number of urea groups is 1. The largest absolute Gasteiger partial charge is 0.479 e. The van der Waals surface area contributed by atoms with Gasteiger partial charge in [-0.05, 0) is 18.3 Å². The van der Waals surface area contributed by atoms with Crippen molar-refractivity contribution in [3.05, 3.63) is 0 Å². The number of nitrogens with one attached hydrogen (secondary N) is 1. The summed E-state index contributed by atoms with van der Waals surface area (Å²) in [6.07, 6.45) is 1.47. The van der Waals surface area contributed by atoms with Crippen LogP contribution in [-0.2, 0) is 4.79 Å². The minimum Gasteiger partial charge on any atom is -0.479 e. The number of carboxylic acids is 1. The molecule has 3 N–H and O–H groups in total. The first kappa shape index (κ1) is 14.8. The normalized spacial score (nSPS) is 20.3. The van der Waals surface area contributed by atoms with Crippen LogP contribution in [0.2, 0.25) is 0 Å². The van der Waals surface area contributed by atoms with Gasteiger partial charge in [-0.3, -0.25) is 0 Å². The molecule has 0 aromatic heterocycles. The molecule has 6 nitrogen and oxygen atoms in total. The van der Waals surface area contributed by atoms with Gasteiger partial charge in [0.15, 0.2) is 6.10 Å². The van der Waals surface area contributed by atoms with Crippen molar-refractivity contribution in [1.82, 2.24) is 10.2 Å². The third kappa shape index (κ3) is 3.87. The lowest BCUT2D eigenvalue weighted by Gasteiger charge is -2.38. The highest BCUT2D eigenvalue weighted by Gasteiger charge is 2.30. The fraction of sp³-hybridized carbons (Fsp3) is 0.833. The predicted octanol–water partition coefficient (Wildman–Crippen LogP) is 0.654. The van der Waals surface area contributed by atoms with Crippen molar-refractivity contribution in [2.24, 2.45) is 5.41 Å². The zero-order valence-corrected chi connectivity index (χ0v) is 11.0. The second kappa shape index (κ2) is 6.04. The average Bonchev–Trinajstić information content (AvgIpc) is 2.36. The molecule has 1 saturated heterocycles. The number of aliphatic hydroxyl groups is 1. The SMILES string of the molecule is CCC1(C)CCN(C(=O)NCC(O)C(=O)O)CC1. The van der Waals surface area contributed by atoms with Crippen LogP contribution in [0, 0.1) is 5.41 Å². The standard InChI is InChI=1S/C12H22N2O4/c1-3-12(2)4-6-14(7-5-12)11(18)13-8-9(15)10(16)17/h9,15H,3-8H2,1-2H3,(H,13,18)(H,16,17). The number of aliphatic hydroxyl groups excluding tert-OH is 1.